The van der Waals surface area contributed by atoms with E-state index in [1.807, 2.05) is 12.1 Å². The summed E-state index contributed by atoms with van der Waals surface area (Å²) >= 11 is 0. The van der Waals surface area contributed by atoms with Gasteiger partial charge in [-0.05, 0) is 57.3 Å². The minimum absolute atomic E-state index is 0.0738. The molecule has 2 aliphatic heterocycles. The second kappa shape index (κ2) is 7.51. The van der Waals surface area contributed by atoms with E-state index in [0.29, 0.717) is 36.1 Å². The van der Waals surface area contributed by atoms with Gasteiger partial charge in [0, 0.05) is 24.8 Å². The molecule has 5 heteroatoms. The molecule has 0 bridgehead atoms. The molecule has 2 saturated heterocycles. The van der Waals surface area contributed by atoms with Crippen LogP contribution < -0.4 is 4.74 Å². The lowest BCUT2D eigenvalue weighted by molar-refractivity contribution is 0.0658. The van der Waals surface area contributed by atoms with Crippen LogP contribution in [-0.2, 0) is 0 Å². The first kappa shape index (κ1) is 17.2. The van der Waals surface area contributed by atoms with Crippen LogP contribution >= 0.6 is 0 Å². The summed E-state index contributed by atoms with van der Waals surface area (Å²) in [5.41, 5.74) is 0.602. The Balaban J connectivity index is 1.78. The SMILES string of the molecule is CC(C)COc1ncccc1C(=O)N1CCCC1C1CCCN1C. The number of amides is 1. The molecular weight excluding hydrogens is 302 g/mol. The number of likely N-dealkylation sites (tertiary alicyclic amines) is 2. The summed E-state index contributed by atoms with van der Waals surface area (Å²) in [6.07, 6.45) is 6.30. The largest absolute Gasteiger partial charge is 0.477 e. The summed E-state index contributed by atoms with van der Waals surface area (Å²) in [7, 11) is 2.18. The minimum atomic E-state index is 0.0738. The molecule has 1 aromatic heterocycles. The number of nitrogens with zero attached hydrogens (tertiary/aromatic N) is 3. The minimum Gasteiger partial charge on any atom is -0.477 e. The van der Waals surface area contributed by atoms with Gasteiger partial charge in [-0.2, -0.15) is 0 Å². The highest BCUT2D eigenvalue weighted by Gasteiger charge is 2.39. The molecule has 2 atom stereocenters. The fourth-order valence-corrected chi connectivity index (χ4v) is 3.94. The summed E-state index contributed by atoms with van der Waals surface area (Å²) in [6.45, 7) is 6.74. The van der Waals surface area contributed by atoms with E-state index >= 15 is 0 Å². The van der Waals surface area contributed by atoms with Crippen LogP contribution in [0.25, 0.3) is 0 Å². The van der Waals surface area contributed by atoms with Crippen LogP contribution in [0.3, 0.4) is 0 Å². The Morgan fingerprint density at radius 2 is 2.04 bits per heavy atom. The van der Waals surface area contributed by atoms with Crippen LogP contribution in [0.15, 0.2) is 18.3 Å². The average molecular weight is 331 g/mol. The molecule has 2 aliphatic rings. The van der Waals surface area contributed by atoms with E-state index in [2.05, 4.69) is 35.7 Å². The fourth-order valence-electron chi connectivity index (χ4n) is 3.94. The van der Waals surface area contributed by atoms with E-state index in [0.717, 1.165) is 25.9 Å². The van der Waals surface area contributed by atoms with Crippen molar-refractivity contribution in [2.75, 3.05) is 26.7 Å². The van der Waals surface area contributed by atoms with Gasteiger partial charge in [-0.1, -0.05) is 13.8 Å². The Kier molecular flexibility index (Phi) is 5.39. The first-order valence-corrected chi connectivity index (χ1v) is 9.17. The van der Waals surface area contributed by atoms with Gasteiger partial charge in [0.1, 0.15) is 5.56 Å². The lowest BCUT2D eigenvalue weighted by Gasteiger charge is -2.33. The molecule has 132 valence electrons. The molecule has 3 heterocycles. The molecule has 0 N–H and O–H groups in total. The van der Waals surface area contributed by atoms with Crippen LogP contribution in [0.1, 0.15) is 49.9 Å². The molecule has 0 aliphatic carbocycles. The molecule has 1 amide bonds. The van der Waals surface area contributed by atoms with Gasteiger partial charge in [-0.25, -0.2) is 4.98 Å². The second-order valence-corrected chi connectivity index (χ2v) is 7.46. The van der Waals surface area contributed by atoms with Crippen molar-refractivity contribution in [2.45, 2.75) is 51.6 Å². The van der Waals surface area contributed by atoms with Gasteiger partial charge in [0.2, 0.25) is 5.88 Å². The van der Waals surface area contributed by atoms with E-state index in [1.165, 1.54) is 12.8 Å². The number of carbonyl (C=O) groups excluding carboxylic acids is 1. The third kappa shape index (κ3) is 3.56. The van der Waals surface area contributed by atoms with Crippen molar-refractivity contribution in [3.05, 3.63) is 23.9 Å². The van der Waals surface area contributed by atoms with Gasteiger partial charge in [0.15, 0.2) is 0 Å². The van der Waals surface area contributed by atoms with Crippen molar-refractivity contribution in [3.63, 3.8) is 0 Å². The van der Waals surface area contributed by atoms with Gasteiger partial charge in [0.05, 0.1) is 6.61 Å². The zero-order valence-corrected chi connectivity index (χ0v) is 15.1. The zero-order chi connectivity index (χ0) is 17.1. The number of carbonyl (C=O) groups is 1. The lowest BCUT2D eigenvalue weighted by Crippen LogP contribution is -2.47. The number of aromatic nitrogens is 1. The van der Waals surface area contributed by atoms with Gasteiger partial charge < -0.3 is 14.5 Å². The Labute approximate surface area is 145 Å². The van der Waals surface area contributed by atoms with Gasteiger partial charge in [-0.15, -0.1) is 0 Å². The van der Waals surface area contributed by atoms with E-state index in [9.17, 15) is 4.79 Å². The molecule has 2 fully saturated rings. The first-order valence-electron chi connectivity index (χ1n) is 9.17. The third-order valence-corrected chi connectivity index (χ3v) is 5.14. The van der Waals surface area contributed by atoms with E-state index < -0.39 is 0 Å². The number of likely N-dealkylation sites (N-methyl/N-ethyl adjacent to an activating group) is 1. The molecule has 2 unspecified atom stereocenters. The van der Waals surface area contributed by atoms with Crippen LogP contribution in [0.5, 0.6) is 5.88 Å². The predicted molar refractivity (Wildman–Crippen MR) is 94.3 cm³/mol. The summed E-state index contributed by atoms with van der Waals surface area (Å²) in [4.78, 5) is 21.9. The highest BCUT2D eigenvalue weighted by Crippen LogP contribution is 2.31. The van der Waals surface area contributed by atoms with Crippen LogP contribution in [0.4, 0.5) is 0 Å². The van der Waals surface area contributed by atoms with Crippen molar-refractivity contribution in [1.29, 1.82) is 0 Å². The molecular formula is C19H29N3O2. The van der Waals surface area contributed by atoms with Gasteiger partial charge >= 0.3 is 0 Å². The quantitative estimate of drug-likeness (QED) is 0.832. The normalized spacial score (nSPS) is 24.8. The zero-order valence-electron chi connectivity index (χ0n) is 15.1. The molecule has 24 heavy (non-hydrogen) atoms. The topological polar surface area (TPSA) is 45.7 Å². The molecule has 1 aromatic rings. The lowest BCUT2D eigenvalue weighted by atomic mass is 10.0. The summed E-state index contributed by atoms with van der Waals surface area (Å²) < 4.78 is 5.79. The smallest absolute Gasteiger partial charge is 0.259 e. The monoisotopic (exact) mass is 331 g/mol. The molecule has 3 rings (SSSR count). The average Bonchev–Trinajstić information content (AvgIpc) is 3.20. The Hall–Kier alpha value is -1.62. The van der Waals surface area contributed by atoms with Crippen molar-refractivity contribution in [2.24, 2.45) is 5.92 Å². The maximum absolute atomic E-state index is 13.2. The van der Waals surface area contributed by atoms with E-state index in [1.54, 1.807) is 6.20 Å². The predicted octanol–water partition coefficient (Wildman–Crippen LogP) is 2.82. The molecule has 0 aromatic carbocycles. The van der Waals surface area contributed by atoms with Crippen molar-refractivity contribution >= 4 is 5.91 Å². The second-order valence-electron chi connectivity index (χ2n) is 7.46. The molecule has 0 spiro atoms. The standard InChI is InChI=1S/C19H29N3O2/c1-14(2)13-24-18-15(7-4-10-20-18)19(23)22-12-6-9-17(22)16-8-5-11-21(16)3/h4,7,10,14,16-17H,5-6,8-9,11-13H2,1-3H3. The number of pyridine rings is 1. The maximum Gasteiger partial charge on any atom is 0.259 e. The van der Waals surface area contributed by atoms with Crippen molar-refractivity contribution in [1.82, 2.24) is 14.8 Å². The highest BCUT2D eigenvalue weighted by molar-refractivity contribution is 5.96. The highest BCUT2D eigenvalue weighted by atomic mass is 16.5. The van der Waals surface area contributed by atoms with Crippen molar-refractivity contribution < 1.29 is 9.53 Å². The van der Waals surface area contributed by atoms with Crippen LogP contribution in [0.2, 0.25) is 0 Å². The Bertz CT molecular complexity index is 575. The summed E-state index contributed by atoms with van der Waals surface area (Å²) in [5, 5.41) is 0. The molecule has 0 radical (unpaired) electrons. The third-order valence-electron chi connectivity index (χ3n) is 5.14. The van der Waals surface area contributed by atoms with E-state index in [-0.39, 0.29) is 5.91 Å². The number of ether oxygens (including phenoxy) is 1. The van der Waals surface area contributed by atoms with Gasteiger partial charge in [-0.3, -0.25) is 4.79 Å². The maximum atomic E-state index is 13.2. The molecule has 0 saturated carbocycles. The Morgan fingerprint density at radius 1 is 1.29 bits per heavy atom. The first-order chi connectivity index (χ1) is 11.6. The summed E-state index contributed by atoms with van der Waals surface area (Å²) in [5.74, 6) is 0.952. The van der Waals surface area contributed by atoms with E-state index in [4.69, 9.17) is 4.74 Å². The molecule has 5 nitrogen and oxygen atoms in total. The number of rotatable bonds is 5. The fraction of sp³-hybridized carbons (Fsp3) is 0.684. The Morgan fingerprint density at radius 3 is 2.75 bits per heavy atom. The van der Waals surface area contributed by atoms with Crippen LogP contribution in [-0.4, -0.2) is 59.5 Å². The van der Waals surface area contributed by atoms with Crippen molar-refractivity contribution in [3.8, 4) is 5.88 Å². The summed E-state index contributed by atoms with van der Waals surface area (Å²) in [6, 6.07) is 4.48. The van der Waals surface area contributed by atoms with Crippen LogP contribution in [0, 0.1) is 5.92 Å². The van der Waals surface area contributed by atoms with Gasteiger partial charge in [0.25, 0.3) is 5.91 Å². The number of hydrogen-bond acceptors (Lipinski definition) is 4. The number of hydrogen-bond donors (Lipinski definition) is 0.